The maximum atomic E-state index is 7.65. The van der Waals surface area contributed by atoms with Gasteiger partial charge in [-0.05, 0) is 31.0 Å². The Balaban J connectivity index is 2.29. The van der Waals surface area contributed by atoms with Gasteiger partial charge < -0.3 is 15.4 Å². The number of nitrogens with zero attached hydrogens (tertiary/aromatic N) is 1. The minimum absolute atomic E-state index is 0.0482. The van der Waals surface area contributed by atoms with Crippen LogP contribution in [-0.2, 0) is 4.74 Å². The number of anilines is 1. The van der Waals surface area contributed by atoms with Crippen molar-refractivity contribution in [3.8, 4) is 0 Å². The number of halogens is 1. The largest absolute Gasteiger partial charge is 0.384 e. The summed E-state index contributed by atoms with van der Waals surface area (Å²) in [5.41, 5.74) is 7.28. The quantitative estimate of drug-likeness (QED) is 0.652. The summed E-state index contributed by atoms with van der Waals surface area (Å²) in [7, 11) is 1.74. The molecule has 0 radical (unpaired) electrons. The summed E-state index contributed by atoms with van der Waals surface area (Å²) in [5.74, 6) is 0.0482. The van der Waals surface area contributed by atoms with Crippen molar-refractivity contribution >= 4 is 23.1 Å². The maximum Gasteiger partial charge on any atom is 0.124 e. The number of rotatable bonds is 3. The molecule has 3 N–H and O–H groups in total. The van der Waals surface area contributed by atoms with E-state index < -0.39 is 0 Å². The van der Waals surface area contributed by atoms with Crippen LogP contribution in [0.5, 0.6) is 0 Å². The molecule has 2 rings (SSSR count). The Morgan fingerprint density at radius 3 is 3.00 bits per heavy atom. The second kappa shape index (κ2) is 5.59. The average Bonchev–Trinajstić information content (AvgIpc) is 2.38. The molecule has 1 aliphatic rings. The Morgan fingerprint density at radius 2 is 2.33 bits per heavy atom. The standard InChI is InChI=1S/C13H18ClN3O/c1-18-10-3-2-6-17(8-10)12-5-4-9(14)7-11(12)13(15)16/h4-5,7,10H,2-3,6,8H2,1H3,(H3,15,16). The molecule has 4 nitrogen and oxygen atoms in total. The summed E-state index contributed by atoms with van der Waals surface area (Å²) in [6, 6.07) is 5.51. The molecule has 5 heteroatoms. The molecule has 1 aromatic rings. The van der Waals surface area contributed by atoms with Crippen LogP contribution in [0.3, 0.4) is 0 Å². The summed E-state index contributed by atoms with van der Waals surface area (Å²) in [4.78, 5) is 2.21. The monoisotopic (exact) mass is 267 g/mol. The normalized spacial score (nSPS) is 19.9. The summed E-state index contributed by atoms with van der Waals surface area (Å²) in [6.07, 6.45) is 2.41. The molecule has 18 heavy (non-hydrogen) atoms. The minimum atomic E-state index is 0.0482. The maximum absolute atomic E-state index is 7.65. The van der Waals surface area contributed by atoms with E-state index in [2.05, 4.69) is 4.90 Å². The van der Waals surface area contributed by atoms with E-state index in [-0.39, 0.29) is 11.9 Å². The van der Waals surface area contributed by atoms with Crippen molar-refractivity contribution in [1.29, 1.82) is 5.41 Å². The smallest absolute Gasteiger partial charge is 0.124 e. The summed E-state index contributed by atoms with van der Waals surface area (Å²) >= 11 is 5.96. The molecule has 1 saturated heterocycles. The van der Waals surface area contributed by atoms with E-state index >= 15 is 0 Å². The van der Waals surface area contributed by atoms with Gasteiger partial charge >= 0.3 is 0 Å². The molecule has 0 spiro atoms. The van der Waals surface area contributed by atoms with Gasteiger partial charge in [0.2, 0.25) is 0 Å². The molecular formula is C13H18ClN3O. The number of nitrogens with one attached hydrogen (secondary N) is 1. The first-order valence-corrected chi connectivity index (χ1v) is 6.41. The van der Waals surface area contributed by atoms with Crippen molar-refractivity contribution in [2.24, 2.45) is 5.73 Å². The second-order valence-corrected chi connectivity index (χ2v) is 4.96. The Bertz CT molecular complexity index is 450. The van der Waals surface area contributed by atoms with Gasteiger partial charge in [-0.1, -0.05) is 11.6 Å². The molecule has 0 saturated carbocycles. The van der Waals surface area contributed by atoms with Crippen LogP contribution in [0.1, 0.15) is 18.4 Å². The fourth-order valence-electron chi connectivity index (χ4n) is 2.35. The van der Waals surface area contributed by atoms with Crippen LogP contribution in [-0.4, -0.2) is 32.1 Å². The third kappa shape index (κ3) is 2.76. The Hall–Kier alpha value is -1.26. The summed E-state index contributed by atoms with van der Waals surface area (Å²) in [5, 5.41) is 8.25. The number of hydrogen-bond donors (Lipinski definition) is 2. The minimum Gasteiger partial charge on any atom is -0.384 e. The van der Waals surface area contributed by atoms with Crippen LogP contribution < -0.4 is 10.6 Å². The first-order chi connectivity index (χ1) is 8.61. The van der Waals surface area contributed by atoms with E-state index in [4.69, 9.17) is 27.5 Å². The van der Waals surface area contributed by atoms with Crippen LogP contribution in [0.4, 0.5) is 5.69 Å². The molecule has 1 heterocycles. The molecule has 0 amide bonds. The van der Waals surface area contributed by atoms with Gasteiger partial charge in [0.15, 0.2) is 0 Å². The molecule has 1 unspecified atom stereocenters. The van der Waals surface area contributed by atoms with E-state index in [0.29, 0.717) is 10.6 Å². The van der Waals surface area contributed by atoms with Gasteiger partial charge in [-0.25, -0.2) is 0 Å². The highest BCUT2D eigenvalue weighted by atomic mass is 35.5. The Kier molecular flexibility index (Phi) is 4.09. The predicted molar refractivity (Wildman–Crippen MR) is 74.7 cm³/mol. The molecule has 0 aromatic heterocycles. The van der Waals surface area contributed by atoms with Crippen molar-refractivity contribution in [2.45, 2.75) is 18.9 Å². The fraction of sp³-hybridized carbons (Fsp3) is 0.462. The SMILES string of the molecule is COC1CCCN(c2ccc(Cl)cc2C(=N)N)C1. The molecule has 1 aromatic carbocycles. The molecule has 0 aliphatic carbocycles. The van der Waals surface area contributed by atoms with E-state index in [0.717, 1.165) is 31.6 Å². The molecule has 1 aliphatic heterocycles. The van der Waals surface area contributed by atoms with E-state index in [1.807, 2.05) is 12.1 Å². The molecule has 1 atom stereocenters. The Labute approximate surface area is 112 Å². The highest BCUT2D eigenvalue weighted by Gasteiger charge is 2.22. The second-order valence-electron chi connectivity index (χ2n) is 4.52. The van der Waals surface area contributed by atoms with Gasteiger partial charge in [-0.3, -0.25) is 5.41 Å². The fourth-order valence-corrected chi connectivity index (χ4v) is 2.52. The number of benzene rings is 1. The van der Waals surface area contributed by atoms with Crippen molar-refractivity contribution in [1.82, 2.24) is 0 Å². The van der Waals surface area contributed by atoms with Gasteiger partial charge in [0.05, 0.1) is 6.10 Å². The van der Waals surface area contributed by atoms with Crippen LogP contribution in [0.2, 0.25) is 5.02 Å². The number of nitrogen functional groups attached to an aromatic ring is 1. The number of nitrogens with two attached hydrogens (primary N) is 1. The summed E-state index contributed by atoms with van der Waals surface area (Å²) < 4.78 is 5.41. The number of amidine groups is 1. The zero-order valence-corrected chi connectivity index (χ0v) is 11.2. The lowest BCUT2D eigenvalue weighted by molar-refractivity contribution is 0.0893. The van der Waals surface area contributed by atoms with Gasteiger partial charge in [0.1, 0.15) is 5.84 Å². The molecule has 0 bridgehead atoms. The van der Waals surface area contributed by atoms with Gasteiger partial charge in [0, 0.05) is 36.5 Å². The highest BCUT2D eigenvalue weighted by molar-refractivity contribution is 6.31. The van der Waals surface area contributed by atoms with Crippen LogP contribution >= 0.6 is 11.6 Å². The lowest BCUT2D eigenvalue weighted by Crippen LogP contribution is -2.40. The number of ether oxygens (including phenoxy) is 1. The molecular weight excluding hydrogens is 250 g/mol. The topological polar surface area (TPSA) is 62.3 Å². The Morgan fingerprint density at radius 1 is 1.56 bits per heavy atom. The van der Waals surface area contributed by atoms with Crippen molar-refractivity contribution in [2.75, 3.05) is 25.1 Å². The first-order valence-electron chi connectivity index (χ1n) is 6.03. The van der Waals surface area contributed by atoms with Gasteiger partial charge in [-0.15, -0.1) is 0 Å². The number of piperidine rings is 1. The predicted octanol–water partition coefficient (Wildman–Crippen LogP) is 2.24. The van der Waals surface area contributed by atoms with Crippen molar-refractivity contribution in [3.63, 3.8) is 0 Å². The van der Waals surface area contributed by atoms with Gasteiger partial charge in [0.25, 0.3) is 0 Å². The summed E-state index contributed by atoms with van der Waals surface area (Å²) in [6.45, 7) is 1.79. The zero-order valence-electron chi connectivity index (χ0n) is 10.4. The molecule has 1 fully saturated rings. The van der Waals surface area contributed by atoms with E-state index in [9.17, 15) is 0 Å². The number of methoxy groups -OCH3 is 1. The average molecular weight is 268 g/mol. The third-order valence-electron chi connectivity index (χ3n) is 3.30. The lowest BCUT2D eigenvalue weighted by Gasteiger charge is -2.34. The van der Waals surface area contributed by atoms with Crippen molar-refractivity contribution < 1.29 is 4.74 Å². The van der Waals surface area contributed by atoms with Crippen LogP contribution in [0, 0.1) is 5.41 Å². The highest BCUT2D eigenvalue weighted by Crippen LogP contribution is 2.27. The van der Waals surface area contributed by atoms with E-state index in [1.165, 1.54) is 0 Å². The van der Waals surface area contributed by atoms with Crippen molar-refractivity contribution in [3.05, 3.63) is 28.8 Å². The third-order valence-corrected chi connectivity index (χ3v) is 3.54. The van der Waals surface area contributed by atoms with Crippen LogP contribution in [0.25, 0.3) is 0 Å². The van der Waals surface area contributed by atoms with E-state index in [1.54, 1.807) is 13.2 Å². The van der Waals surface area contributed by atoms with Crippen LogP contribution in [0.15, 0.2) is 18.2 Å². The van der Waals surface area contributed by atoms with Gasteiger partial charge in [-0.2, -0.15) is 0 Å². The first kappa shape index (κ1) is 13.2. The number of hydrogen-bond acceptors (Lipinski definition) is 3. The molecule has 98 valence electrons. The lowest BCUT2D eigenvalue weighted by atomic mass is 10.0. The zero-order chi connectivity index (χ0) is 13.1.